The van der Waals surface area contributed by atoms with E-state index >= 15 is 0 Å². The predicted molar refractivity (Wildman–Crippen MR) is 79.2 cm³/mol. The molecule has 1 spiro atoms. The van der Waals surface area contributed by atoms with E-state index in [-0.39, 0.29) is 11.9 Å². The molecule has 0 unspecified atom stereocenters. The van der Waals surface area contributed by atoms with E-state index in [0.29, 0.717) is 30.0 Å². The van der Waals surface area contributed by atoms with Crippen LogP contribution in [0.25, 0.3) is 0 Å². The Morgan fingerprint density at radius 3 is 2.61 bits per heavy atom. The van der Waals surface area contributed by atoms with Crippen LogP contribution in [0.1, 0.15) is 23.2 Å². The van der Waals surface area contributed by atoms with Gasteiger partial charge in [0.2, 0.25) is 0 Å². The number of ketones is 1. The Morgan fingerprint density at radius 1 is 1.26 bits per heavy atom. The number of rotatable bonds is 2. The van der Waals surface area contributed by atoms with E-state index in [1.54, 1.807) is 24.3 Å². The third-order valence-electron chi connectivity index (χ3n) is 5.39. The second-order valence-corrected chi connectivity index (χ2v) is 6.77. The number of carbonyl (C=O) groups is 1. The zero-order chi connectivity index (χ0) is 16.2. The van der Waals surface area contributed by atoms with Gasteiger partial charge in [0.1, 0.15) is 0 Å². The summed E-state index contributed by atoms with van der Waals surface area (Å²) in [5.74, 6) is -0.947. The lowest BCUT2D eigenvalue weighted by molar-refractivity contribution is -0.140. The number of benzene rings is 1. The second kappa shape index (κ2) is 4.79. The minimum Gasteiger partial charge on any atom is -0.349 e. The molecule has 1 aliphatic carbocycles. The molecule has 4 atom stereocenters. The van der Waals surface area contributed by atoms with Crippen LogP contribution in [-0.2, 0) is 9.47 Å². The van der Waals surface area contributed by atoms with Gasteiger partial charge < -0.3 is 9.47 Å². The van der Waals surface area contributed by atoms with Crippen molar-refractivity contribution in [2.24, 2.45) is 16.7 Å². The van der Waals surface area contributed by atoms with E-state index in [0.717, 1.165) is 0 Å². The standard InChI is InChI=1S/C17H13ClN2O3/c18-11-3-1-10(2-4-11)13(21)14-16(8-19,9-20)17(14)6-5-12-7-22-15(17)23-12/h1-4,12,14-15H,5-7H2/t12-,14-,15+,17-/m0/s1. The number of Topliss-reactive ketones (excluding diaryl/α,β-unsaturated/α-hetero) is 1. The molecule has 4 rings (SSSR count). The van der Waals surface area contributed by atoms with Gasteiger partial charge in [0.05, 0.1) is 36.2 Å². The molecule has 1 saturated carbocycles. The third kappa shape index (κ3) is 1.70. The Labute approximate surface area is 138 Å². The first kappa shape index (κ1) is 14.7. The number of ether oxygens (including phenoxy) is 2. The van der Waals surface area contributed by atoms with E-state index in [1.807, 2.05) is 0 Å². The van der Waals surface area contributed by atoms with Crippen LogP contribution in [0.2, 0.25) is 5.02 Å². The molecular weight excluding hydrogens is 316 g/mol. The smallest absolute Gasteiger partial charge is 0.169 e. The van der Waals surface area contributed by atoms with Gasteiger partial charge in [-0.1, -0.05) is 11.6 Å². The molecule has 2 saturated heterocycles. The van der Waals surface area contributed by atoms with Crippen LogP contribution in [0.3, 0.4) is 0 Å². The van der Waals surface area contributed by atoms with Crippen molar-refractivity contribution in [3.63, 3.8) is 0 Å². The maximum absolute atomic E-state index is 12.9. The summed E-state index contributed by atoms with van der Waals surface area (Å²) in [6, 6.07) is 10.7. The van der Waals surface area contributed by atoms with Crippen LogP contribution in [0, 0.1) is 39.4 Å². The number of hydrogen-bond donors (Lipinski definition) is 0. The SMILES string of the molecule is N#CC1(C#N)[C@H](C(=O)c2ccc(Cl)cc2)[C@]12CC[C@H]1CO[C@@H]2O1. The van der Waals surface area contributed by atoms with Crippen molar-refractivity contribution < 1.29 is 14.3 Å². The lowest BCUT2D eigenvalue weighted by Crippen LogP contribution is -2.35. The van der Waals surface area contributed by atoms with Gasteiger partial charge >= 0.3 is 0 Å². The molecule has 1 aromatic carbocycles. The molecular formula is C17H13ClN2O3. The largest absolute Gasteiger partial charge is 0.349 e. The Morgan fingerprint density at radius 2 is 1.96 bits per heavy atom. The van der Waals surface area contributed by atoms with E-state index in [9.17, 15) is 15.3 Å². The van der Waals surface area contributed by atoms with E-state index < -0.39 is 23.0 Å². The van der Waals surface area contributed by atoms with Crippen molar-refractivity contribution in [3.05, 3.63) is 34.9 Å². The normalized spacial score (nSPS) is 36.2. The highest BCUT2D eigenvalue weighted by Gasteiger charge is 2.86. The highest BCUT2D eigenvalue weighted by molar-refractivity contribution is 6.30. The Kier molecular flexibility index (Phi) is 3.05. The van der Waals surface area contributed by atoms with Gasteiger partial charge in [-0.2, -0.15) is 10.5 Å². The summed E-state index contributed by atoms with van der Waals surface area (Å²) < 4.78 is 11.4. The van der Waals surface area contributed by atoms with Gasteiger partial charge in [-0.05, 0) is 37.1 Å². The average molecular weight is 329 g/mol. The monoisotopic (exact) mass is 328 g/mol. The molecule has 0 N–H and O–H groups in total. The molecule has 3 fully saturated rings. The van der Waals surface area contributed by atoms with Crippen molar-refractivity contribution >= 4 is 17.4 Å². The van der Waals surface area contributed by atoms with Crippen LogP contribution in [-0.4, -0.2) is 24.8 Å². The first-order valence-electron chi connectivity index (χ1n) is 7.48. The molecule has 2 heterocycles. The Hall–Kier alpha value is -1.92. The molecule has 3 aliphatic rings. The summed E-state index contributed by atoms with van der Waals surface area (Å²) in [6.07, 6.45) is 0.647. The molecule has 1 aromatic rings. The lowest BCUT2D eigenvalue weighted by Gasteiger charge is -2.29. The summed E-state index contributed by atoms with van der Waals surface area (Å²) in [5.41, 5.74) is -1.80. The van der Waals surface area contributed by atoms with Crippen LogP contribution in [0.4, 0.5) is 0 Å². The number of fused-ring (bicyclic) bond motifs is 3. The molecule has 116 valence electrons. The number of hydrogen-bond acceptors (Lipinski definition) is 5. The van der Waals surface area contributed by atoms with Gasteiger partial charge in [-0.15, -0.1) is 0 Å². The van der Waals surface area contributed by atoms with Crippen molar-refractivity contribution in [1.82, 2.24) is 0 Å². The summed E-state index contributed by atoms with van der Waals surface area (Å²) >= 11 is 5.86. The molecule has 6 heteroatoms. The van der Waals surface area contributed by atoms with E-state index in [2.05, 4.69) is 12.1 Å². The first-order chi connectivity index (χ1) is 11.1. The summed E-state index contributed by atoms with van der Waals surface area (Å²) in [5, 5.41) is 19.8. The van der Waals surface area contributed by atoms with Crippen LogP contribution < -0.4 is 0 Å². The van der Waals surface area contributed by atoms with Crippen molar-refractivity contribution in [1.29, 1.82) is 10.5 Å². The Bertz CT molecular complexity index is 750. The van der Waals surface area contributed by atoms with E-state index in [4.69, 9.17) is 21.1 Å². The first-order valence-corrected chi connectivity index (χ1v) is 7.86. The van der Waals surface area contributed by atoms with Crippen molar-refractivity contribution in [2.75, 3.05) is 6.61 Å². The van der Waals surface area contributed by atoms with Gasteiger partial charge in [0.25, 0.3) is 0 Å². The van der Waals surface area contributed by atoms with Gasteiger partial charge in [0, 0.05) is 10.6 Å². The molecule has 0 amide bonds. The zero-order valence-electron chi connectivity index (χ0n) is 12.2. The van der Waals surface area contributed by atoms with Crippen molar-refractivity contribution in [3.8, 4) is 12.1 Å². The molecule has 2 bridgehead atoms. The lowest BCUT2D eigenvalue weighted by atomic mass is 9.86. The summed E-state index contributed by atoms with van der Waals surface area (Å²) in [4.78, 5) is 12.9. The van der Waals surface area contributed by atoms with Crippen molar-refractivity contribution in [2.45, 2.75) is 25.2 Å². The van der Waals surface area contributed by atoms with E-state index in [1.165, 1.54) is 0 Å². The molecule has 5 nitrogen and oxygen atoms in total. The minimum absolute atomic E-state index is 0.00703. The fourth-order valence-electron chi connectivity index (χ4n) is 4.18. The van der Waals surface area contributed by atoms with Gasteiger partial charge in [-0.3, -0.25) is 4.79 Å². The molecule has 0 radical (unpaired) electrons. The van der Waals surface area contributed by atoms with Crippen LogP contribution in [0.5, 0.6) is 0 Å². The second-order valence-electron chi connectivity index (χ2n) is 6.34. The van der Waals surface area contributed by atoms with Gasteiger partial charge in [-0.25, -0.2) is 0 Å². The van der Waals surface area contributed by atoms with Gasteiger partial charge in [0.15, 0.2) is 17.5 Å². The molecule has 2 aliphatic heterocycles. The minimum atomic E-state index is -1.39. The maximum Gasteiger partial charge on any atom is 0.169 e. The average Bonchev–Trinajstić information content (AvgIpc) is 2.94. The fraction of sp³-hybridized carbons (Fsp3) is 0.471. The fourth-order valence-corrected chi connectivity index (χ4v) is 4.31. The maximum atomic E-state index is 12.9. The number of carbonyl (C=O) groups excluding carboxylic acids is 1. The highest BCUT2D eigenvalue weighted by atomic mass is 35.5. The topological polar surface area (TPSA) is 83.1 Å². The quantitative estimate of drug-likeness (QED) is 0.779. The Balaban J connectivity index is 1.75. The molecule has 23 heavy (non-hydrogen) atoms. The zero-order valence-corrected chi connectivity index (χ0v) is 12.9. The summed E-state index contributed by atoms with van der Waals surface area (Å²) in [7, 11) is 0. The highest BCUT2D eigenvalue weighted by Crippen LogP contribution is 2.76. The third-order valence-corrected chi connectivity index (χ3v) is 5.64. The molecule has 0 aromatic heterocycles. The van der Waals surface area contributed by atoms with Crippen LogP contribution in [0.15, 0.2) is 24.3 Å². The van der Waals surface area contributed by atoms with Crippen LogP contribution >= 0.6 is 11.6 Å². The summed E-state index contributed by atoms with van der Waals surface area (Å²) in [6.45, 7) is 0.460. The number of nitriles is 2. The number of halogens is 1. The predicted octanol–water partition coefficient (Wildman–Crippen LogP) is 2.71. The number of nitrogens with zero attached hydrogens (tertiary/aromatic N) is 2.